The van der Waals surface area contributed by atoms with Crippen molar-refractivity contribution in [2.24, 2.45) is 0 Å². The van der Waals surface area contributed by atoms with Crippen molar-refractivity contribution in [1.82, 2.24) is 25.2 Å². The van der Waals surface area contributed by atoms with Gasteiger partial charge in [-0.3, -0.25) is 25.1 Å². The molecule has 0 fully saturated rings. The van der Waals surface area contributed by atoms with Crippen molar-refractivity contribution in [3.8, 4) is 11.3 Å². The van der Waals surface area contributed by atoms with Crippen molar-refractivity contribution >= 4 is 35.4 Å². The first-order valence-electron chi connectivity index (χ1n) is 8.67. The number of rotatable bonds is 5. The van der Waals surface area contributed by atoms with E-state index in [1.165, 1.54) is 11.3 Å². The fourth-order valence-electron chi connectivity index (χ4n) is 2.76. The summed E-state index contributed by atoms with van der Waals surface area (Å²) in [6.07, 6.45) is 0. The Kier molecular flexibility index (Phi) is 6.05. The third-order valence-corrected chi connectivity index (χ3v) is 5.44. The number of hydrazine groups is 1. The molecule has 3 aromatic rings. The van der Waals surface area contributed by atoms with Gasteiger partial charge in [-0.25, -0.2) is 0 Å². The van der Waals surface area contributed by atoms with Gasteiger partial charge >= 0.3 is 0 Å². The molecule has 3 rings (SSSR count). The zero-order valence-electron chi connectivity index (χ0n) is 15.9. The van der Waals surface area contributed by atoms with Crippen LogP contribution in [-0.2, 0) is 22.7 Å². The van der Waals surface area contributed by atoms with Gasteiger partial charge < -0.3 is 4.57 Å². The second kappa shape index (κ2) is 8.49. The lowest BCUT2D eigenvalue weighted by Gasteiger charge is -2.11. The average Bonchev–Trinajstić information content (AvgIpc) is 3.16. The maximum Gasteiger partial charge on any atom is 0.260 e. The second-order valence-electron chi connectivity index (χ2n) is 6.52. The summed E-state index contributed by atoms with van der Waals surface area (Å²) < 4.78 is 3.94. The summed E-state index contributed by atoms with van der Waals surface area (Å²) in [5.41, 5.74) is 9.60. The van der Waals surface area contributed by atoms with E-state index in [1.54, 1.807) is 9.25 Å². The molecule has 0 saturated carbocycles. The van der Waals surface area contributed by atoms with Gasteiger partial charge in [-0.2, -0.15) is 5.10 Å². The summed E-state index contributed by atoms with van der Waals surface area (Å²) in [7, 11) is 0. The minimum atomic E-state index is -0.357. The van der Waals surface area contributed by atoms with Crippen molar-refractivity contribution in [3.05, 3.63) is 56.6 Å². The first kappa shape index (κ1) is 20.0. The van der Waals surface area contributed by atoms with E-state index in [0.717, 1.165) is 28.2 Å². The quantitative estimate of drug-likeness (QED) is 0.496. The summed E-state index contributed by atoms with van der Waals surface area (Å²) in [5.74, 6) is -0.711. The third kappa shape index (κ3) is 4.73. The molecule has 146 valence electrons. The Morgan fingerprint density at radius 2 is 1.71 bits per heavy atom. The van der Waals surface area contributed by atoms with E-state index in [4.69, 9.17) is 12.2 Å². The van der Waals surface area contributed by atoms with Gasteiger partial charge in [0, 0.05) is 11.1 Å². The first-order chi connectivity index (χ1) is 13.3. The van der Waals surface area contributed by atoms with Crippen molar-refractivity contribution < 1.29 is 9.59 Å². The van der Waals surface area contributed by atoms with Gasteiger partial charge in [0.15, 0.2) is 3.95 Å². The zero-order valence-corrected chi connectivity index (χ0v) is 17.5. The maximum absolute atomic E-state index is 12.3. The molecule has 7 nitrogen and oxygen atoms in total. The van der Waals surface area contributed by atoms with Gasteiger partial charge in [0.1, 0.15) is 13.1 Å². The molecular formula is C19H21N5O2S2. The molecule has 0 spiro atoms. The summed E-state index contributed by atoms with van der Waals surface area (Å²) in [6.45, 7) is 5.81. The van der Waals surface area contributed by atoms with E-state index in [9.17, 15) is 9.59 Å². The van der Waals surface area contributed by atoms with Gasteiger partial charge in [0.25, 0.3) is 11.8 Å². The molecule has 9 heteroatoms. The number of amides is 2. The average molecular weight is 416 g/mol. The monoisotopic (exact) mass is 415 g/mol. The first-order valence-corrected chi connectivity index (χ1v) is 9.96. The van der Waals surface area contributed by atoms with Gasteiger partial charge in [-0.15, -0.1) is 11.3 Å². The molecule has 0 bridgehead atoms. The van der Waals surface area contributed by atoms with Crippen LogP contribution in [0.4, 0.5) is 0 Å². The molecule has 0 atom stereocenters. The normalized spacial score (nSPS) is 10.7. The number of carbonyl (C=O) groups is 2. The van der Waals surface area contributed by atoms with E-state index in [2.05, 4.69) is 16.0 Å². The Labute approximate surface area is 172 Å². The Bertz CT molecular complexity index is 1060. The molecule has 2 heterocycles. The minimum Gasteiger partial charge on any atom is -0.313 e. The van der Waals surface area contributed by atoms with E-state index in [0.29, 0.717) is 3.95 Å². The fourth-order valence-corrected chi connectivity index (χ4v) is 3.84. The lowest BCUT2D eigenvalue weighted by Crippen LogP contribution is -2.44. The predicted octanol–water partition coefficient (Wildman–Crippen LogP) is 2.92. The summed E-state index contributed by atoms with van der Waals surface area (Å²) >= 11 is 6.76. The molecule has 0 aliphatic carbocycles. The molecule has 0 aliphatic rings. The third-order valence-electron chi connectivity index (χ3n) is 4.17. The SMILES string of the molecule is Cc1ccc(-c2csc(=S)n2CC(=O)NNC(=O)Cn2nc(C)cc2C)cc1. The number of aromatic nitrogens is 3. The van der Waals surface area contributed by atoms with Crippen molar-refractivity contribution in [3.63, 3.8) is 0 Å². The van der Waals surface area contributed by atoms with E-state index in [1.807, 2.05) is 56.5 Å². The molecule has 0 unspecified atom stereocenters. The minimum absolute atomic E-state index is 0.0196. The lowest BCUT2D eigenvalue weighted by atomic mass is 10.1. The predicted molar refractivity (Wildman–Crippen MR) is 111 cm³/mol. The second-order valence-corrected chi connectivity index (χ2v) is 8.02. The molecule has 0 aliphatic heterocycles. The molecule has 1 aromatic carbocycles. The van der Waals surface area contributed by atoms with Crippen LogP contribution in [0.3, 0.4) is 0 Å². The number of nitrogens with one attached hydrogen (secondary N) is 2. The van der Waals surface area contributed by atoms with Crippen LogP contribution in [0.5, 0.6) is 0 Å². The van der Waals surface area contributed by atoms with Crippen LogP contribution in [0, 0.1) is 24.7 Å². The number of carbonyl (C=O) groups excluding carboxylic acids is 2. The highest BCUT2D eigenvalue weighted by molar-refractivity contribution is 7.73. The topological polar surface area (TPSA) is 81.0 Å². The molecule has 28 heavy (non-hydrogen) atoms. The Hall–Kier alpha value is -2.78. The van der Waals surface area contributed by atoms with Crippen LogP contribution >= 0.6 is 23.6 Å². The van der Waals surface area contributed by atoms with Crippen LogP contribution < -0.4 is 10.9 Å². The van der Waals surface area contributed by atoms with E-state index >= 15 is 0 Å². The summed E-state index contributed by atoms with van der Waals surface area (Å²) in [6, 6.07) is 9.91. The van der Waals surface area contributed by atoms with Gasteiger partial charge in [-0.05, 0) is 44.6 Å². The van der Waals surface area contributed by atoms with E-state index < -0.39 is 0 Å². The standard InChI is InChI=1S/C19H21N5O2S2/c1-12-4-6-15(7-5-12)16-11-28-19(27)23(16)9-17(25)20-21-18(26)10-24-14(3)8-13(2)22-24/h4-8,11H,9-10H2,1-3H3,(H,20,25)(H,21,26). The zero-order chi connectivity index (χ0) is 20.3. The van der Waals surface area contributed by atoms with Crippen LogP contribution in [0.25, 0.3) is 11.3 Å². The molecule has 2 N–H and O–H groups in total. The maximum atomic E-state index is 12.3. The Morgan fingerprint density at radius 3 is 2.32 bits per heavy atom. The largest absolute Gasteiger partial charge is 0.313 e. The highest BCUT2D eigenvalue weighted by Gasteiger charge is 2.12. The van der Waals surface area contributed by atoms with Gasteiger partial charge in [0.2, 0.25) is 0 Å². The van der Waals surface area contributed by atoms with Crippen molar-refractivity contribution in [2.45, 2.75) is 33.9 Å². The van der Waals surface area contributed by atoms with Crippen molar-refractivity contribution in [1.29, 1.82) is 0 Å². The number of aryl methyl sites for hydroxylation is 3. The molecule has 2 aromatic heterocycles. The van der Waals surface area contributed by atoms with Gasteiger partial charge in [-0.1, -0.05) is 29.8 Å². The number of hydrogen-bond acceptors (Lipinski definition) is 5. The smallest absolute Gasteiger partial charge is 0.260 e. The molecular weight excluding hydrogens is 394 g/mol. The van der Waals surface area contributed by atoms with Crippen molar-refractivity contribution in [2.75, 3.05) is 0 Å². The molecule has 2 amide bonds. The Balaban J connectivity index is 1.61. The van der Waals surface area contributed by atoms with Crippen LogP contribution in [0.15, 0.2) is 35.7 Å². The van der Waals surface area contributed by atoms with Crippen LogP contribution in [0.1, 0.15) is 17.0 Å². The Morgan fingerprint density at radius 1 is 1.07 bits per heavy atom. The molecule has 0 radical (unpaired) electrons. The fraction of sp³-hybridized carbons (Fsp3) is 0.263. The number of hydrogen-bond donors (Lipinski definition) is 2. The highest BCUT2D eigenvalue weighted by Crippen LogP contribution is 2.24. The van der Waals surface area contributed by atoms with Crippen LogP contribution in [-0.4, -0.2) is 26.2 Å². The van der Waals surface area contributed by atoms with Gasteiger partial charge in [0.05, 0.1) is 11.4 Å². The van der Waals surface area contributed by atoms with E-state index in [-0.39, 0.29) is 24.9 Å². The lowest BCUT2D eigenvalue weighted by molar-refractivity contribution is -0.129. The summed E-state index contributed by atoms with van der Waals surface area (Å²) in [4.78, 5) is 24.4. The molecule has 0 saturated heterocycles. The summed E-state index contributed by atoms with van der Waals surface area (Å²) in [5, 5.41) is 6.16. The highest BCUT2D eigenvalue weighted by atomic mass is 32.1. The number of thiazole rings is 1. The number of benzene rings is 1. The van der Waals surface area contributed by atoms with Crippen LogP contribution in [0.2, 0.25) is 0 Å². The number of nitrogens with zero attached hydrogens (tertiary/aromatic N) is 3.